The number of carbonyl (C=O) groups excluding carboxylic acids is 1. The highest BCUT2D eigenvalue weighted by molar-refractivity contribution is 6.36. The van der Waals surface area contributed by atoms with E-state index in [1.165, 1.54) is 12.3 Å². The Morgan fingerprint density at radius 1 is 1.58 bits per heavy atom. The average Bonchev–Trinajstić information content (AvgIpc) is 1.94. The minimum absolute atomic E-state index is 0.202. The van der Waals surface area contributed by atoms with Crippen LogP contribution >= 0.6 is 23.2 Å². The van der Waals surface area contributed by atoms with Gasteiger partial charge in [0.25, 0.3) is 0 Å². The molecule has 12 heavy (non-hydrogen) atoms. The molecular formula is C6H5Cl2N3O. The number of pyridine rings is 1. The fourth-order valence-electron chi connectivity index (χ4n) is 0.623. The minimum Gasteiger partial charge on any atom is -0.351 e. The van der Waals surface area contributed by atoms with Crippen LogP contribution in [-0.4, -0.2) is 11.0 Å². The predicted molar refractivity (Wildman–Crippen MR) is 47.5 cm³/mol. The van der Waals surface area contributed by atoms with Gasteiger partial charge in [-0.15, -0.1) is 0 Å². The summed E-state index contributed by atoms with van der Waals surface area (Å²) in [6, 6.07) is 0.744. The minimum atomic E-state index is -0.716. The standard InChI is InChI=1S/C6H5Cl2N3O/c7-3-1-4(8)5(10-2-3)11-6(9)12/h1-2H,(H3,9,10,11,12). The molecule has 0 aliphatic carbocycles. The third kappa shape index (κ3) is 2.25. The van der Waals surface area contributed by atoms with Crippen molar-refractivity contribution in [1.82, 2.24) is 4.98 Å². The lowest BCUT2D eigenvalue weighted by molar-refractivity contribution is 0.259. The fraction of sp³-hybridized carbons (Fsp3) is 0. The Hall–Kier alpha value is -1.000. The molecule has 3 N–H and O–H groups in total. The summed E-state index contributed by atoms with van der Waals surface area (Å²) in [7, 11) is 0. The number of aromatic nitrogens is 1. The molecule has 6 heteroatoms. The summed E-state index contributed by atoms with van der Waals surface area (Å²) in [6.45, 7) is 0. The molecule has 0 unspecified atom stereocenters. The summed E-state index contributed by atoms with van der Waals surface area (Å²) < 4.78 is 0. The summed E-state index contributed by atoms with van der Waals surface area (Å²) in [4.78, 5) is 14.1. The number of rotatable bonds is 1. The van der Waals surface area contributed by atoms with E-state index in [1.807, 2.05) is 0 Å². The first-order valence-corrected chi connectivity index (χ1v) is 3.72. The van der Waals surface area contributed by atoms with Gasteiger partial charge < -0.3 is 5.73 Å². The number of halogens is 2. The van der Waals surface area contributed by atoms with Crippen LogP contribution in [-0.2, 0) is 0 Å². The third-order valence-electron chi connectivity index (χ3n) is 1.05. The lowest BCUT2D eigenvalue weighted by atomic mass is 10.4. The number of nitrogens with two attached hydrogens (primary N) is 1. The first-order chi connectivity index (χ1) is 5.59. The summed E-state index contributed by atoms with van der Waals surface area (Å²) in [5, 5.41) is 2.89. The van der Waals surface area contributed by atoms with Crippen LogP contribution in [0.1, 0.15) is 0 Å². The van der Waals surface area contributed by atoms with Crippen LogP contribution in [0.3, 0.4) is 0 Å². The van der Waals surface area contributed by atoms with Crippen molar-refractivity contribution in [2.45, 2.75) is 0 Å². The number of hydrogen-bond donors (Lipinski definition) is 2. The maximum absolute atomic E-state index is 10.4. The normalized spacial score (nSPS) is 9.50. The maximum Gasteiger partial charge on any atom is 0.317 e. The number of hydrogen-bond acceptors (Lipinski definition) is 2. The Bertz CT molecular complexity index is 316. The molecule has 1 heterocycles. The molecule has 0 spiro atoms. The first kappa shape index (κ1) is 9.09. The van der Waals surface area contributed by atoms with E-state index >= 15 is 0 Å². The Kier molecular flexibility index (Phi) is 2.73. The molecule has 0 radical (unpaired) electrons. The highest BCUT2D eigenvalue weighted by Crippen LogP contribution is 2.21. The average molecular weight is 206 g/mol. The Balaban J connectivity index is 2.93. The first-order valence-electron chi connectivity index (χ1n) is 2.97. The van der Waals surface area contributed by atoms with Gasteiger partial charge in [-0.1, -0.05) is 23.2 Å². The molecule has 0 bridgehead atoms. The summed E-state index contributed by atoms with van der Waals surface area (Å²) >= 11 is 11.2. The van der Waals surface area contributed by atoms with Crippen LogP contribution in [0, 0.1) is 0 Å². The van der Waals surface area contributed by atoms with Crippen LogP contribution in [0.2, 0.25) is 10.0 Å². The van der Waals surface area contributed by atoms with Crippen molar-refractivity contribution in [3.63, 3.8) is 0 Å². The van der Waals surface area contributed by atoms with Gasteiger partial charge in [-0.2, -0.15) is 0 Å². The number of nitrogens with one attached hydrogen (secondary N) is 1. The second kappa shape index (κ2) is 3.60. The lowest BCUT2D eigenvalue weighted by Gasteiger charge is -2.02. The second-order valence-electron chi connectivity index (χ2n) is 1.97. The number of carbonyl (C=O) groups is 1. The zero-order valence-electron chi connectivity index (χ0n) is 5.84. The molecule has 0 fully saturated rings. The zero-order chi connectivity index (χ0) is 9.14. The van der Waals surface area contributed by atoms with Crippen LogP contribution in [0.15, 0.2) is 12.3 Å². The highest BCUT2D eigenvalue weighted by Gasteiger charge is 2.03. The van der Waals surface area contributed by atoms with Crippen LogP contribution < -0.4 is 11.1 Å². The topological polar surface area (TPSA) is 68.0 Å². The van der Waals surface area contributed by atoms with Gasteiger partial charge in [0.15, 0.2) is 5.82 Å². The molecule has 0 aliphatic rings. The molecule has 1 aromatic rings. The van der Waals surface area contributed by atoms with Crippen molar-refractivity contribution < 1.29 is 4.79 Å². The molecular weight excluding hydrogens is 201 g/mol. The molecule has 0 atom stereocenters. The van der Waals surface area contributed by atoms with E-state index in [0.29, 0.717) is 5.02 Å². The molecule has 4 nitrogen and oxygen atoms in total. The number of urea groups is 1. The van der Waals surface area contributed by atoms with E-state index in [2.05, 4.69) is 10.3 Å². The van der Waals surface area contributed by atoms with Crippen molar-refractivity contribution >= 4 is 35.1 Å². The van der Waals surface area contributed by atoms with E-state index in [9.17, 15) is 4.79 Å². The van der Waals surface area contributed by atoms with Crippen molar-refractivity contribution in [3.05, 3.63) is 22.3 Å². The SMILES string of the molecule is NC(=O)Nc1ncc(Cl)cc1Cl. The molecule has 1 rings (SSSR count). The number of primary amides is 1. The molecule has 0 aromatic carbocycles. The Morgan fingerprint density at radius 3 is 2.75 bits per heavy atom. The summed E-state index contributed by atoms with van der Waals surface area (Å²) in [6.07, 6.45) is 1.36. The lowest BCUT2D eigenvalue weighted by Crippen LogP contribution is -2.20. The summed E-state index contributed by atoms with van der Waals surface area (Å²) in [5.74, 6) is 0.202. The second-order valence-corrected chi connectivity index (χ2v) is 2.82. The monoisotopic (exact) mass is 205 g/mol. The van der Waals surface area contributed by atoms with Gasteiger partial charge in [0.2, 0.25) is 0 Å². The van der Waals surface area contributed by atoms with Gasteiger partial charge in [0.1, 0.15) is 0 Å². The van der Waals surface area contributed by atoms with Crippen molar-refractivity contribution in [1.29, 1.82) is 0 Å². The van der Waals surface area contributed by atoms with Crippen LogP contribution in [0.25, 0.3) is 0 Å². The van der Waals surface area contributed by atoms with Gasteiger partial charge in [-0.25, -0.2) is 9.78 Å². The fourth-order valence-corrected chi connectivity index (χ4v) is 1.05. The molecule has 1 aromatic heterocycles. The van der Waals surface area contributed by atoms with Crippen molar-refractivity contribution in [3.8, 4) is 0 Å². The molecule has 0 saturated heterocycles. The molecule has 64 valence electrons. The van der Waals surface area contributed by atoms with Gasteiger partial charge in [-0.3, -0.25) is 5.32 Å². The molecule has 0 saturated carbocycles. The predicted octanol–water partition coefficient (Wildman–Crippen LogP) is 1.88. The quantitative estimate of drug-likeness (QED) is 0.736. The third-order valence-corrected chi connectivity index (χ3v) is 1.54. The van der Waals surface area contributed by atoms with Crippen LogP contribution in [0.4, 0.5) is 10.6 Å². The van der Waals surface area contributed by atoms with Crippen LogP contribution in [0.5, 0.6) is 0 Å². The zero-order valence-corrected chi connectivity index (χ0v) is 7.36. The van der Waals surface area contributed by atoms with E-state index in [4.69, 9.17) is 28.9 Å². The molecule has 0 aliphatic heterocycles. The van der Waals surface area contributed by atoms with E-state index in [-0.39, 0.29) is 10.8 Å². The Labute approximate surface area is 78.7 Å². The number of amides is 2. The highest BCUT2D eigenvalue weighted by atomic mass is 35.5. The van der Waals surface area contributed by atoms with E-state index < -0.39 is 6.03 Å². The largest absolute Gasteiger partial charge is 0.351 e. The molecule has 2 amide bonds. The Morgan fingerprint density at radius 2 is 2.25 bits per heavy atom. The summed E-state index contributed by atoms with van der Waals surface area (Å²) in [5.41, 5.74) is 4.85. The van der Waals surface area contributed by atoms with Crippen molar-refractivity contribution in [2.24, 2.45) is 5.73 Å². The number of nitrogens with zero attached hydrogens (tertiary/aromatic N) is 1. The van der Waals surface area contributed by atoms with Crippen molar-refractivity contribution in [2.75, 3.05) is 5.32 Å². The smallest absolute Gasteiger partial charge is 0.317 e. The van der Waals surface area contributed by atoms with Gasteiger partial charge in [-0.05, 0) is 6.07 Å². The van der Waals surface area contributed by atoms with E-state index in [1.54, 1.807) is 0 Å². The van der Waals surface area contributed by atoms with Gasteiger partial charge >= 0.3 is 6.03 Å². The van der Waals surface area contributed by atoms with Gasteiger partial charge in [0.05, 0.1) is 10.0 Å². The maximum atomic E-state index is 10.4. The van der Waals surface area contributed by atoms with E-state index in [0.717, 1.165) is 0 Å². The van der Waals surface area contributed by atoms with Gasteiger partial charge in [0, 0.05) is 6.20 Å². The number of anilines is 1.